The Morgan fingerprint density at radius 1 is 1.25 bits per heavy atom. The van der Waals surface area contributed by atoms with Crippen molar-refractivity contribution >= 4 is 34.7 Å². The van der Waals surface area contributed by atoms with Crippen LogP contribution >= 0.6 is 11.6 Å². The molecule has 6 nitrogen and oxygen atoms in total. The van der Waals surface area contributed by atoms with E-state index in [2.05, 4.69) is 15.2 Å². The Kier molecular flexibility index (Phi) is 4.57. The van der Waals surface area contributed by atoms with Crippen LogP contribution in [0.1, 0.15) is 11.3 Å². The topological polar surface area (TPSA) is 68.3 Å². The number of azo groups is 1. The van der Waals surface area contributed by atoms with Crippen molar-refractivity contribution in [3.05, 3.63) is 58.9 Å². The van der Waals surface area contributed by atoms with Gasteiger partial charge in [0.25, 0.3) is 0 Å². The Bertz CT molecular complexity index is 933. The zero-order valence-electron chi connectivity index (χ0n) is 13.2. The number of nitrogens with zero attached hydrogens (tertiary/aromatic N) is 4. The van der Waals surface area contributed by atoms with Gasteiger partial charge in [0.05, 0.1) is 24.2 Å². The fourth-order valence-electron chi connectivity index (χ4n) is 2.25. The first-order valence-corrected chi connectivity index (χ1v) is 7.67. The Morgan fingerprint density at radius 3 is 2.79 bits per heavy atom. The van der Waals surface area contributed by atoms with E-state index < -0.39 is 0 Å². The van der Waals surface area contributed by atoms with Gasteiger partial charge in [0, 0.05) is 6.20 Å². The number of halogens is 1. The standard InChI is InChI=1S/C17H15ClN4O2/c1-11-7-8-15-19-14(9-16(23)24-2)17(22(15)10-11)21-20-13-6-4-3-5-12(13)18/h3-8,10H,9H2,1-2H3. The van der Waals surface area contributed by atoms with Gasteiger partial charge in [-0.2, -0.15) is 0 Å². The van der Waals surface area contributed by atoms with Gasteiger partial charge >= 0.3 is 5.97 Å². The predicted molar refractivity (Wildman–Crippen MR) is 91.3 cm³/mol. The molecule has 1 aromatic carbocycles. The van der Waals surface area contributed by atoms with Gasteiger partial charge in [-0.1, -0.05) is 29.8 Å². The van der Waals surface area contributed by atoms with Crippen LogP contribution in [0.15, 0.2) is 52.8 Å². The van der Waals surface area contributed by atoms with Crippen LogP contribution < -0.4 is 0 Å². The summed E-state index contributed by atoms with van der Waals surface area (Å²) in [4.78, 5) is 16.1. The van der Waals surface area contributed by atoms with Crippen molar-refractivity contribution in [3.63, 3.8) is 0 Å². The first kappa shape index (κ1) is 16.1. The second-order valence-electron chi connectivity index (χ2n) is 5.22. The van der Waals surface area contributed by atoms with Gasteiger partial charge in [-0.3, -0.25) is 9.20 Å². The number of benzene rings is 1. The molecule has 0 radical (unpaired) electrons. The van der Waals surface area contributed by atoms with Gasteiger partial charge in [0.15, 0.2) is 5.82 Å². The van der Waals surface area contributed by atoms with Crippen molar-refractivity contribution in [3.8, 4) is 0 Å². The smallest absolute Gasteiger partial charge is 0.311 e. The molecule has 0 unspecified atom stereocenters. The lowest BCUT2D eigenvalue weighted by atomic mass is 10.3. The summed E-state index contributed by atoms with van der Waals surface area (Å²) < 4.78 is 6.53. The van der Waals surface area contributed by atoms with E-state index in [4.69, 9.17) is 16.3 Å². The summed E-state index contributed by atoms with van der Waals surface area (Å²) in [6.45, 7) is 1.97. The average molecular weight is 343 g/mol. The minimum Gasteiger partial charge on any atom is -0.469 e. The highest BCUT2D eigenvalue weighted by atomic mass is 35.5. The van der Waals surface area contributed by atoms with Crippen LogP contribution in [0.4, 0.5) is 11.5 Å². The van der Waals surface area contributed by atoms with Crippen molar-refractivity contribution in [1.29, 1.82) is 0 Å². The third-order valence-electron chi connectivity index (χ3n) is 3.46. The first-order valence-electron chi connectivity index (χ1n) is 7.29. The highest BCUT2D eigenvalue weighted by Crippen LogP contribution is 2.28. The summed E-state index contributed by atoms with van der Waals surface area (Å²) in [6, 6.07) is 11.0. The number of carbonyl (C=O) groups excluding carboxylic acids is 1. The molecule has 0 saturated carbocycles. The molecule has 0 atom stereocenters. The van der Waals surface area contributed by atoms with Gasteiger partial charge in [0.2, 0.25) is 0 Å². The quantitative estimate of drug-likeness (QED) is 0.520. The number of fused-ring (bicyclic) bond motifs is 1. The fourth-order valence-corrected chi connectivity index (χ4v) is 2.43. The molecule has 122 valence electrons. The molecular formula is C17H15ClN4O2. The summed E-state index contributed by atoms with van der Waals surface area (Å²) in [5.74, 6) is 0.100. The molecule has 0 N–H and O–H groups in total. The minimum atomic E-state index is -0.385. The lowest BCUT2D eigenvalue weighted by molar-refractivity contribution is -0.139. The molecule has 0 bridgehead atoms. The largest absolute Gasteiger partial charge is 0.469 e. The molecule has 3 aromatic rings. The lowest BCUT2D eigenvalue weighted by Gasteiger charge is -2.00. The van der Waals surface area contributed by atoms with Crippen molar-refractivity contribution in [2.24, 2.45) is 10.2 Å². The molecule has 0 saturated heterocycles. The van der Waals surface area contributed by atoms with E-state index in [9.17, 15) is 4.79 Å². The second-order valence-corrected chi connectivity index (χ2v) is 5.63. The van der Waals surface area contributed by atoms with Gasteiger partial charge in [0.1, 0.15) is 11.3 Å². The molecule has 0 fully saturated rings. The highest BCUT2D eigenvalue weighted by Gasteiger charge is 2.16. The Hall–Kier alpha value is -2.73. The number of esters is 1. The molecule has 24 heavy (non-hydrogen) atoms. The van der Waals surface area contributed by atoms with E-state index in [-0.39, 0.29) is 12.4 Å². The van der Waals surface area contributed by atoms with Crippen LogP contribution in [0.5, 0.6) is 0 Å². The van der Waals surface area contributed by atoms with Crippen LogP contribution in [0.25, 0.3) is 5.65 Å². The maximum Gasteiger partial charge on any atom is 0.311 e. The van der Waals surface area contributed by atoms with Crippen molar-refractivity contribution in [2.45, 2.75) is 13.3 Å². The molecule has 3 rings (SSSR count). The molecule has 0 aliphatic rings. The van der Waals surface area contributed by atoms with E-state index >= 15 is 0 Å². The minimum absolute atomic E-state index is 0.0219. The molecule has 0 spiro atoms. The van der Waals surface area contributed by atoms with Crippen LogP contribution in [-0.4, -0.2) is 22.5 Å². The third kappa shape index (κ3) is 3.28. The lowest BCUT2D eigenvalue weighted by Crippen LogP contribution is -2.04. The van der Waals surface area contributed by atoms with Crippen LogP contribution in [0.3, 0.4) is 0 Å². The summed E-state index contributed by atoms with van der Waals surface area (Å²) in [6.07, 6.45) is 1.91. The van der Waals surface area contributed by atoms with Crippen LogP contribution in [-0.2, 0) is 16.0 Å². The molecular weight excluding hydrogens is 328 g/mol. The van der Waals surface area contributed by atoms with E-state index in [1.165, 1.54) is 7.11 Å². The molecule has 0 aliphatic heterocycles. The predicted octanol–water partition coefficient (Wildman–Crippen LogP) is 4.43. The van der Waals surface area contributed by atoms with Gasteiger partial charge in [-0.05, 0) is 30.7 Å². The third-order valence-corrected chi connectivity index (χ3v) is 3.77. The van der Waals surface area contributed by atoms with Crippen molar-refractivity contribution in [2.75, 3.05) is 7.11 Å². The summed E-state index contributed by atoms with van der Waals surface area (Å²) in [5, 5.41) is 8.99. The SMILES string of the molecule is COC(=O)Cc1nc2ccc(C)cn2c1N=Nc1ccccc1Cl. The Labute approximate surface area is 143 Å². The second kappa shape index (κ2) is 6.80. The Balaban J connectivity index is 2.09. The molecule has 0 aliphatic carbocycles. The first-order chi connectivity index (χ1) is 11.6. The highest BCUT2D eigenvalue weighted by molar-refractivity contribution is 6.32. The number of rotatable bonds is 4. The number of ether oxygens (including phenoxy) is 1. The van der Waals surface area contributed by atoms with Gasteiger partial charge in [-0.25, -0.2) is 4.98 Å². The zero-order valence-corrected chi connectivity index (χ0v) is 14.0. The summed E-state index contributed by atoms with van der Waals surface area (Å²) in [7, 11) is 1.34. The number of aryl methyl sites for hydroxylation is 1. The van der Waals surface area contributed by atoms with Crippen LogP contribution in [0.2, 0.25) is 5.02 Å². The number of imidazole rings is 1. The maximum atomic E-state index is 11.6. The number of hydrogen-bond acceptors (Lipinski definition) is 5. The molecule has 2 aromatic heterocycles. The molecule has 7 heteroatoms. The number of methoxy groups -OCH3 is 1. The fraction of sp³-hybridized carbons (Fsp3) is 0.176. The van der Waals surface area contributed by atoms with Crippen molar-refractivity contribution in [1.82, 2.24) is 9.38 Å². The number of pyridine rings is 1. The zero-order chi connectivity index (χ0) is 17.1. The van der Waals surface area contributed by atoms with E-state index in [1.807, 2.05) is 37.4 Å². The summed E-state index contributed by atoms with van der Waals surface area (Å²) in [5.41, 5.74) is 2.78. The van der Waals surface area contributed by atoms with Crippen molar-refractivity contribution < 1.29 is 9.53 Å². The Morgan fingerprint density at radius 2 is 2.04 bits per heavy atom. The normalized spacial score (nSPS) is 11.3. The number of carbonyl (C=O) groups is 1. The van der Waals surface area contributed by atoms with Crippen LogP contribution in [0, 0.1) is 6.92 Å². The molecule has 0 amide bonds. The summed E-state index contributed by atoms with van der Waals surface area (Å²) >= 11 is 6.10. The molecule has 2 heterocycles. The number of aromatic nitrogens is 2. The van der Waals surface area contributed by atoms with E-state index in [0.717, 1.165) is 5.56 Å². The average Bonchev–Trinajstić information content (AvgIpc) is 2.90. The van der Waals surface area contributed by atoms with E-state index in [1.54, 1.807) is 16.5 Å². The van der Waals surface area contributed by atoms with Gasteiger partial charge in [-0.15, -0.1) is 10.2 Å². The monoisotopic (exact) mass is 342 g/mol. The van der Waals surface area contributed by atoms with Gasteiger partial charge < -0.3 is 4.74 Å². The van der Waals surface area contributed by atoms with E-state index in [0.29, 0.717) is 27.9 Å². The maximum absolute atomic E-state index is 11.6. The number of hydrogen-bond donors (Lipinski definition) is 0.